The summed E-state index contributed by atoms with van der Waals surface area (Å²) in [5.74, 6) is 0.114. The number of ether oxygens (including phenoxy) is 1. The van der Waals surface area contributed by atoms with Crippen molar-refractivity contribution in [3.63, 3.8) is 0 Å². The lowest BCUT2D eigenvalue weighted by atomic mass is 10.3. The molecule has 6 nitrogen and oxygen atoms in total. The summed E-state index contributed by atoms with van der Waals surface area (Å²) in [7, 11) is 0. The van der Waals surface area contributed by atoms with Crippen LogP contribution >= 0.6 is 11.3 Å². The summed E-state index contributed by atoms with van der Waals surface area (Å²) in [4.78, 5) is 31.1. The Bertz CT molecular complexity index is 685. The number of carbonyl (C=O) groups excluding carboxylic acids is 2. The van der Waals surface area contributed by atoms with Crippen LogP contribution in [0, 0.1) is 6.92 Å². The molecule has 1 heterocycles. The molecule has 0 bridgehead atoms. The molecule has 1 aromatic carbocycles. The first-order chi connectivity index (χ1) is 11.5. The molecule has 0 saturated heterocycles. The van der Waals surface area contributed by atoms with Crippen LogP contribution in [0.4, 0.5) is 5.13 Å². The van der Waals surface area contributed by atoms with Gasteiger partial charge in [0.25, 0.3) is 5.91 Å². The second-order valence-corrected chi connectivity index (χ2v) is 6.78. The van der Waals surface area contributed by atoms with Crippen LogP contribution in [0.25, 0.3) is 0 Å². The van der Waals surface area contributed by atoms with Crippen LogP contribution in [0.15, 0.2) is 36.5 Å². The number of thiazole rings is 1. The van der Waals surface area contributed by atoms with Gasteiger partial charge in [-0.05, 0) is 32.9 Å². The summed E-state index contributed by atoms with van der Waals surface area (Å²) in [6, 6.07) is 9.00. The third-order valence-electron chi connectivity index (χ3n) is 3.23. The van der Waals surface area contributed by atoms with Crippen molar-refractivity contribution in [2.45, 2.75) is 26.8 Å². The SMILES string of the molecule is Cc1cnc(NC(=O)CN(C(=O)COc2ccccc2)C(C)C)s1. The first-order valence-corrected chi connectivity index (χ1v) is 8.47. The summed E-state index contributed by atoms with van der Waals surface area (Å²) in [5.41, 5.74) is 0. The quantitative estimate of drug-likeness (QED) is 0.836. The predicted molar refractivity (Wildman–Crippen MR) is 94.3 cm³/mol. The molecule has 0 radical (unpaired) electrons. The van der Waals surface area contributed by atoms with E-state index in [0.29, 0.717) is 10.9 Å². The Hall–Kier alpha value is -2.41. The molecule has 0 atom stereocenters. The van der Waals surface area contributed by atoms with Gasteiger partial charge in [-0.3, -0.25) is 9.59 Å². The maximum atomic E-state index is 12.4. The third kappa shape index (κ3) is 5.34. The highest BCUT2D eigenvalue weighted by Crippen LogP contribution is 2.16. The number of anilines is 1. The number of aromatic nitrogens is 1. The minimum Gasteiger partial charge on any atom is -0.484 e. The van der Waals surface area contributed by atoms with Crippen LogP contribution in [0.5, 0.6) is 5.75 Å². The Morgan fingerprint density at radius 3 is 2.58 bits per heavy atom. The van der Waals surface area contributed by atoms with Crippen LogP contribution in [-0.4, -0.2) is 40.9 Å². The summed E-state index contributed by atoms with van der Waals surface area (Å²) in [6.45, 7) is 5.50. The number of carbonyl (C=O) groups is 2. The summed E-state index contributed by atoms with van der Waals surface area (Å²) < 4.78 is 5.47. The van der Waals surface area contributed by atoms with Gasteiger partial charge in [-0.2, -0.15) is 0 Å². The standard InChI is InChI=1S/C17H21N3O3S/c1-12(2)20(10-15(21)19-17-18-9-13(3)24-17)16(22)11-23-14-7-5-4-6-8-14/h4-9,12H,10-11H2,1-3H3,(H,18,19,21). The highest BCUT2D eigenvalue weighted by Gasteiger charge is 2.21. The van der Waals surface area contributed by atoms with E-state index >= 15 is 0 Å². The molecule has 0 aliphatic rings. The zero-order valence-electron chi connectivity index (χ0n) is 14.0. The summed E-state index contributed by atoms with van der Waals surface area (Å²) in [5, 5.41) is 3.25. The number of aryl methyl sites for hydroxylation is 1. The molecule has 1 N–H and O–H groups in total. The Balaban J connectivity index is 1.90. The minimum absolute atomic E-state index is 0.0344. The molecule has 0 fully saturated rings. The van der Waals surface area contributed by atoms with Crippen LogP contribution in [0.3, 0.4) is 0 Å². The van der Waals surface area contributed by atoms with E-state index in [4.69, 9.17) is 4.74 Å². The lowest BCUT2D eigenvalue weighted by molar-refractivity contribution is -0.138. The summed E-state index contributed by atoms with van der Waals surface area (Å²) >= 11 is 1.40. The zero-order valence-corrected chi connectivity index (χ0v) is 14.8. The molecule has 2 rings (SSSR count). The Labute approximate surface area is 145 Å². The van der Waals surface area contributed by atoms with E-state index in [9.17, 15) is 9.59 Å². The van der Waals surface area contributed by atoms with Gasteiger partial charge in [0, 0.05) is 17.1 Å². The van der Waals surface area contributed by atoms with Crippen LogP contribution in [0.1, 0.15) is 18.7 Å². The third-order valence-corrected chi connectivity index (χ3v) is 4.06. The monoisotopic (exact) mass is 347 g/mol. The lowest BCUT2D eigenvalue weighted by Crippen LogP contribution is -2.44. The number of hydrogen-bond donors (Lipinski definition) is 1. The topological polar surface area (TPSA) is 71.5 Å². The van der Waals surface area contributed by atoms with E-state index in [1.165, 1.54) is 16.2 Å². The Kier molecular flexibility index (Phi) is 6.31. The fourth-order valence-corrected chi connectivity index (χ4v) is 2.71. The van der Waals surface area contributed by atoms with Crippen molar-refractivity contribution in [3.05, 3.63) is 41.4 Å². The molecule has 2 amide bonds. The molecule has 2 aromatic rings. The minimum atomic E-state index is -0.272. The first-order valence-electron chi connectivity index (χ1n) is 7.65. The number of hydrogen-bond acceptors (Lipinski definition) is 5. The second kappa shape index (κ2) is 8.44. The molecule has 0 spiro atoms. The van der Waals surface area contributed by atoms with Crippen molar-refractivity contribution in [2.75, 3.05) is 18.5 Å². The second-order valence-electron chi connectivity index (χ2n) is 5.54. The maximum Gasteiger partial charge on any atom is 0.261 e. The van der Waals surface area contributed by atoms with Gasteiger partial charge in [-0.1, -0.05) is 18.2 Å². The fraction of sp³-hybridized carbons (Fsp3) is 0.353. The van der Waals surface area contributed by atoms with Gasteiger partial charge >= 0.3 is 0 Å². The van der Waals surface area contributed by atoms with Crippen LogP contribution in [-0.2, 0) is 9.59 Å². The van der Waals surface area contributed by atoms with Crippen molar-refractivity contribution >= 4 is 28.3 Å². The average Bonchev–Trinajstić information content (AvgIpc) is 2.96. The van der Waals surface area contributed by atoms with Crippen molar-refractivity contribution in [1.82, 2.24) is 9.88 Å². The molecule has 24 heavy (non-hydrogen) atoms. The molecule has 128 valence electrons. The smallest absolute Gasteiger partial charge is 0.261 e. The molecule has 0 saturated carbocycles. The van der Waals surface area contributed by atoms with Crippen molar-refractivity contribution < 1.29 is 14.3 Å². The van der Waals surface area contributed by atoms with Gasteiger partial charge in [0.15, 0.2) is 11.7 Å². The molecule has 0 aliphatic heterocycles. The van der Waals surface area contributed by atoms with Crippen LogP contribution in [0.2, 0.25) is 0 Å². The molecule has 0 aliphatic carbocycles. The fourth-order valence-electron chi connectivity index (χ4n) is 2.03. The van der Waals surface area contributed by atoms with Gasteiger partial charge in [0.05, 0.1) is 0 Å². The molecule has 0 unspecified atom stereocenters. The van der Waals surface area contributed by atoms with E-state index in [0.717, 1.165) is 4.88 Å². The normalized spacial score (nSPS) is 10.5. The average molecular weight is 347 g/mol. The molecule has 7 heteroatoms. The largest absolute Gasteiger partial charge is 0.484 e. The number of nitrogens with one attached hydrogen (secondary N) is 1. The van der Waals surface area contributed by atoms with E-state index in [2.05, 4.69) is 10.3 Å². The number of nitrogens with zero attached hydrogens (tertiary/aromatic N) is 2. The van der Waals surface area contributed by atoms with Crippen LogP contribution < -0.4 is 10.1 Å². The van der Waals surface area contributed by atoms with Crippen molar-refractivity contribution in [3.8, 4) is 5.75 Å². The van der Waals surface area contributed by atoms with Crippen molar-refractivity contribution in [2.24, 2.45) is 0 Å². The first kappa shape index (κ1) is 17.9. The van der Waals surface area contributed by atoms with Crippen molar-refractivity contribution in [1.29, 1.82) is 0 Å². The van der Waals surface area contributed by atoms with Gasteiger partial charge in [-0.15, -0.1) is 11.3 Å². The van der Waals surface area contributed by atoms with Gasteiger partial charge < -0.3 is 15.0 Å². The van der Waals surface area contributed by atoms with E-state index in [-0.39, 0.29) is 31.0 Å². The number of rotatable bonds is 7. The highest BCUT2D eigenvalue weighted by molar-refractivity contribution is 7.15. The molecule has 1 aromatic heterocycles. The van der Waals surface area contributed by atoms with E-state index < -0.39 is 0 Å². The van der Waals surface area contributed by atoms with Gasteiger partial charge in [0.2, 0.25) is 5.91 Å². The highest BCUT2D eigenvalue weighted by atomic mass is 32.1. The molecular formula is C17H21N3O3S. The van der Waals surface area contributed by atoms with Gasteiger partial charge in [0.1, 0.15) is 12.3 Å². The number of benzene rings is 1. The number of para-hydroxylation sites is 1. The lowest BCUT2D eigenvalue weighted by Gasteiger charge is -2.26. The Morgan fingerprint density at radius 2 is 2.00 bits per heavy atom. The molecular weight excluding hydrogens is 326 g/mol. The maximum absolute atomic E-state index is 12.4. The predicted octanol–water partition coefficient (Wildman–Crippen LogP) is 2.71. The number of amides is 2. The zero-order chi connectivity index (χ0) is 17.5. The summed E-state index contributed by atoms with van der Waals surface area (Å²) in [6.07, 6.45) is 1.69. The Morgan fingerprint density at radius 1 is 1.29 bits per heavy atom. The van der Waals surface area contributed by atoms with Gasteiger partial charge in [-0.25, -0.2) is 4.98 Å². The van der Waals surface area contributed by atoms with E-state index in [1.54, 1.807) is 18.3 Å². The van der Waals surface area contributed by atoms with E-state index in [1.807, 2.05) is 39.0 Å².